The van der Waals surface area contributed by atoms with Crippen molar-refractivity contribution >= 4 is 5.91 Å². The van der Waals surface area contributed by atoms with Crippen molar-refractivity contribution in [3.05, 3.63) is 54.1 Å². The number of ether oxygens (including phenoxy) is 2. The van der Waals surface area contributed by atoms with Gasteiger partial charge in [0.1, 0.15) is 30.2 Å². The lowest BCUT2D eigenvalue weighted by molar-refractivity contribution is -0.277. The summed E-state index contributed by atoms with van der Waals surface area (Å²) >= 11 is 0. The van der Waals surface area contributed by atoms with E-state index in [1.807, 2.05) is 6.07 Å². The highest BCUT2D eigenvalue weighted by Crippen LogP contribution is 2.27. The second-order valence-corrected chi connectivity index (χ2v) is 6.50. The van der Waals surface area contributed by atoms with E-state index in [0.717, 1.165) is 11.1 Å². The second kappa shape index (κ2) is 8.68. The third-order valence-corrected chi connectivity index (χ3v) is 4.64. The number of nitrogens with one attached hydrogen (secondary N) is 1. The van der Waals surface area contributed by atoms with Crippen LogP contribution < -0.4 is 10.1 Å². The van der Waals surface area contributed by atoms with Gasteiger partial charge in [0.25, 0.3) is 5.91 Å². The summed E-state index contributed by atoms with van der Waals surface area (Å²) in [5.41, 5.74) is 2.24. The van der Waals surface area contributed by atoms with Crippen LogP contribution in [0.1, 0.15) is 10.4 Å². The molecule has 0 aliphatic carbocycles. The Kier molecular flexibility index (Phi) is 6.28. The van der Waals surface area contributed by atoms with Gasteiger partial charge < -0.3 is 35.2 Å². The van der Waals surface area contributed by atoms with E-state index in [1.165, 1.54) is 0 Å². The molecule has 3 unspecified atom stereocenters. The normalized spacial score (nSPS) is 27.2. The van der Waals surface area contributed by atoms with E-state index in [0.29, 0.717) is 11.3 Å². The highest BCUT2D eigenvalue weighted by molar-refractivity contribution is 5.95. The van der Waals surface area contributed by atoms with Gasteiger partial charge in [-0.2, -0.15) is 0 Å². The van der Waals surface area contributed by atoms with Gasteiger partial charge in [-0.3, -0.25) is 4.79 Å². The van der Waals surface area contributed by atoms with Crippen molar-refractivity contribution in [3.8, 4) is 16.9 Å². The number of hydrogen-bond acceptors (Lipinski definition) is 7. The van der Waals surface area contributed by atoms with E-state index in [-0.39, 0.29) is 5.91 Å². The lowest BCUT2D eigenvalue weighted by Gasteiger charge is -2.39. The Hall–Kier alpha value is -2.49. The molecular weight excluding hydrogens is 366 g/mol. The molecule has 8 nitrogen and oxygen atoms in total. The second-order valence-electron chi connectivity index (χ2n) is 6.50. The van der Waals surface area contributed by atoms with Crippen molar-refractivity contribution in [3.63, 3.8) is 0 Å². The molecule has 1 aliphatic heterocycles. The van der Waals surface area contributed by atoms with E-state index < -0.39 is 37.3 Å². The maximum absolute atomic E-state index is 11.8. The molecule has 0 saturated carbocycles. The molecule has 5 N–H and O–H groups in total. The number of amides is 1. The fourth-order valence-electron chi connectivity index (χ4n) is 3.01. The van der Waals surface area contributed by atoms with Gasteiger partial charge in [0, 0.05) is 12.6 Å². The average Bonchev–Trinajstić information content (AvgIpc) is 2.74. The fourth-order valence-corrected chi connectivity index (χ4v) is 3.01. The third kappa shape index (κ3) is 4.16. The third-order valence-electron chi connectivity index (χ3n) is 4.64. The van der Waals surface area contributed by atoms with Crippen LogP contribution in [0.2, 0.25) is 0 Å². The quantitative estimate of drug-likeness (QED) is 0.483. The molecule has 1 aliphatic rings. The Morgan fingerprint density at radius 1 is 1.04 bits per heavy atom. The van der Waals surface area contributed by atoms with Crippen molar-refractivity contribution in [2.75, 3.05) is 13.7 Å². The Balaban J connectivity index is 1.74. The Morgan fingerprint density at radius 3 is 2.39 bits per heavy atom. The summed E-state index contributed by atoms with van der Waals surface area (Å²) in [5.74, 6) is 0.194. The van der Waals surface area contributed by atoms with Crippen LogP contribution in [-0.4, -0.2) is 70.7 Å². The highest BCUT2D eigenvalue weighted by Gasteiger charge is 2.44. The predicted molar refractivity (Wildman–Crippen MR) is 99.7 cm³/mol. The van der Waals surface area contributed by atoms with Crippen molar-refractivity contribution in [1.29, 1.82) is 0 Å². The molecule has 1 amide bonds. The number of rotatable bonds is 5. The summed E-state index contributed by atoms with van der Waals surface area (Å²) in [7, 11) is 1.57. The van der Waals surface area contributed by atoms with Gasteiger partial charge in [0.2, 0.25) is 6.29 Å². The van der Waals surface area contributed by atoms with Crippen molar-refractivity contribution in [2.45, 2.75) is 30.7 Å². The maximum Gasteiger partial charge on any atom is 0.251 e. The summed E-state index contributed by atoms with van der Waals surface area (Å²) in [4.78, 5) is 11.8. The molecule has 5 atom stereocenters. The van der Waals surface area contributed by atoms with Crippen LogP contribution in [0, 0.1) is 0 Å². The molecule has 2 aromatic carbocycles. The van der Waals surface area contributed by atoms with Crippen LogP contribution in [0.5, 0.6) is 5.75 Å². The Morgan fingerprint density at radius 2 is 1.75 bits per heavy atom. The zero-order valence-corrected chi connectivity index (χ0v) is 15.2. The number of benzene rings is 2. The monoisotopic (exact) mass is 389 g/mol. The summed E-state index contributed by atoms with van der Waals surface area (Å²) in [6.07, 6.45) is -6.67. The Bertz CT molecular complexity index is 808. The van der Waals surface area contributed by atoms with Crippen LogP contribution in [0.25, 0.3) is 11.1 Å². The summed E-state index contributed by atoms with van der Waals surface area (Å²) in [6, 6.07) is 14.0. The van der Waals surface area contributed by atoms with Crippen LogP contribution in [0.4, 0.5) is 0 Å². The first kappa shape index (κ1) is 20.2. The summed E-state index contributed by atoms with van der Waals surface area (Å²) in [6.45, 7) is -0.522. The van der Waals surface area contributed by atoms with Gasteiger partial charge in [-0.15, -0.1) is 0 Å². The van der Waals surface area contributed by atoms with Crippen molar-refractivity contribution in [2.24, 2.45) is 0 Å². The van der Waals surface area contributed by atoms with Crippen LogP contribution in [0.3, 0.4) is 0 Å². The van der Waals surface area contributed by atoms with Gasteiger partial charge in [0.05, 0.1) is 6.61 Å². The van der Waals surface area contributed by atoms with Crippen LogP contribution >= 0.6 is 0 Å². The molecule has 28 heavy (non-hydrogen) atoms. The molecule has 0 spiro atoms. The standard InChI is InChI=1S/C20H23NO7/c1-21-19(26)13-4-2-3-12(9-13)11-5-7-14(8-6-11)27-20-18(25)17(24)16(23)15(10-22)28-20/h2-9,15-18,20,22-25H,10H2,1H3,(H,21,26)/t15?,16-,17?,18?,20+/m1/s1. The zero-order valence-electron chi connectivity index (χ0n) is 15.2. The van der Waals surface area contributed by atoms with Gasteiger partial charge in [-0.05, 0) is 35.4 Å². The molecule has 1 fully saturated rings. The molecule has 0 radical (unpaired) electrons. The smallest absolute Gasteiger partial charge is 0.251 e. The first-order chi connectivity index (χ1) is 13.4. The minimum atomic E-state index is -1.50. The first-order valence-electron chi connectivity index (χ1n) is 8.84. The molecular formula is C20H23NO7. The molecule has 2 aromatic rings. The minimum Gasteiger partial charge on any atom is -0.462 e. The Labute approximate surface area is 162 Å². The van der Waals surface area contributed by atoms with E-state index in [1.54, 1.807) is 49.5 Å². The lowest BCUT2D eigenvalue weighted by atomic mass is 9.99. The fraction of sp³-hybridized carbons (Fsp3) is 0.350. The summed E-state index contributed by atoms with van der Waals surface area (Å²) < 4.78 is 10.9. The van der Waals surface area contributed by atoms with Crippen LogP contribution in [-0.2, 0) is 4.74 Å². The molecule has 1 heterocycles. The molecule has 8 heteroatoms. The number of carbonyl (C=O) groups is 1. The molecule has 1 saturated heterocycles. The number of aliphatic hydroxyl groups is 4. The first-order valence-corrected chi connectivity index (χ1v) is 8.84. The van der Waals surface area contributed by atoms with E-state index in [9.17, 15) is 25.2 Å². The molecule has 0 bridgehead atoms. The number of hydrogen-bond donors (Lipinski definition) is 5. The van der Waals surface area contributed by atoms with Gasteiger partial charge in [-0.25, -0.2) is 0 Å². The molecule has 0 aromatic heterocycles. The van der Waals surface area contributed by atoms with Gasteiger partial charge in [0.15, 0.2) is 0 Å². The van der Waals surface area contributed by atoms with E-state index in [4.69, 9.17) is 9.47 Å². The minimum absolute atomic E-state index is 0.176. The molecule has 150 valence electrons. The topological polar surface area (TPSA) is 128 Å². The maximum atomic E-state index is 11.8. The van der Waals surface area contributed by atoms with E-state index >= 15 is 0 Å². The van der Waals surface area contributed by atoms with Crippen molar-refractivity contribution in [1.82, 2.24) is 5.32 Å². The van der Waals surface area contributed by atoms with E-state index in [2.05, 4.69) is 5.32 Å². The average molecular weight is 389 g/mol. The zero-order chi connectivity index (χ0) is 20.3. The highest BCUT2D eigenvalue weighted by atomic mass is 16.7. The predicted octanol–water partition coefficient (Wildman–Crippen LogP) is -0.108. The SMILES string of the molecule is CNC(=O)c1cccc(-c2ccc(O[C@H]3OC(CO)[C@@H](O)C(O)C3O)cc2)c1. The number of aliphatic hydroxyl groups excluding tert-OH is 4. The number of carbonyl (C=O) groups excluding carboxylic acids is 1. The lowest BCUT2D eigenvalue weighted by Crippen LogP contribution is -2.60. The summed E-state index contributed by atoms with van der Waals surface area (Å²) in [5, 5.41) is 41.5. The van der Waals surface area contributed by atoms with Gasteiger partial charge in [-0.1, -0.05) is 24.3 Å². The largest absolute Gasteiger partial charge is 0.462 e. The van der Waals surface area contributed by atoms with Crippen molar-refractivity contribution < 1.29 is 34.7 Å². The molecule has 3 rings (SSSR count). The van der Waals surface area contributed by atoms with Gasteiger partial charge >= 0.3 is 0 Å². The van der Waals surface area contributed by atoms with Crippen LogP contribution in [0.15, 0.2) is 48.5 Å².